The molecule has 18 aromatic rings. The van der Waals surface area contributed by atoms with Crippen LogP contribution in [0.25, 0.3) is 77.9 Å². The van der Waals surface area contributed by atoms with Crippen molar-refractivity contribution in [3.05, 3.63) is 438 Å². The molecule has 7 heteroatoms. The van der Waals surface area contributed by atoms with Crippen LogP contribution in [0.2, 0.25) is 0 Å². The lowest BCUT2D eigenvalue weighted by atomic mass is 9.30. The highest BCUT2D eigenvalue weighted by atomic mass is 15.2. The highest BCUT2D eigenvalue weighted by molar-refractivity contribution is 7.03. The molecule has 4 aliphatic heterocycles. The number of hydrogen-bond donors (Lipinski definition) is 0. The molecule has 0 fully saturated rings. The Morgan fingerprint density at radius 1 is 0.184 bits per heavy atom. The number of fused-ring (bicyclic) bond motifs is 8. The lowest BCUT2D eigenvalue weighted by Gasteiger charge is -2.48. The van der Waals surface area contributed by atoms with Gasteiger partial charge in [0.15, 0.2) is 0 Å². The summed E-state index contributed by atoms with van der Waals surface area (Å²) in [5.74, 6) is 0. The second-order valence-corrected chi connectivity index (χ2v) is 34.8. The van der Waals surface area contributed by atoms with Crippen molar-refractivity contribution in [2.24, 2.45) is 0 Å². The Morgan fingerprint density at radius 2 is 0.496 bits per heavy atom. The molecule has 0 aromatic heterocycles. The van der Waals surface area contributed by atoms with Gasteiger partial charge in [-0.15, -0.1) is 0 Å². The van der Waals surface area contributed by atoms with Gasteiger partial charge in [0.25, 0.3) is 13.4 Å². The van der Waals surface area contributed by atoms with E-state index in [1.807, 2.05) is 0 Å². The van der Waals surface area contributed by atoms with Gasteiger partial charge in [0.2, 0.25) is 0 Å². The smallest absolute Gasteiger partial charge is 0.252 e. The monoisotopic (exact) mass is 1600 g/mol. The molecule has 0 N–H and O–H groups in total. The van der Waals surface area contributed by atoms with Crippen LogP contribution in [-0.4, -0.2) is 13.4 Å². The summed E-state index contributed by atoms with van der Waals surface area (Å²) < 4.78 is 0. The maximum Gasteiger partial charge on any atom is 0.252 e. The fourth-order valence-corrected chi connectivity index (χ4v) is 21.7. The number of para-hydroxylation sites is 4. The molecule has 0 saturated carbocycles. The zero-order chi connectivity index (χ0) is 84.6. The summed E-state index contributed by atoms with van der Waals surface area (Å²) in [6, 6.07) is 146. The molecule has 0 bridgehead atoms. The molecule has 0 aliphatic carbocycles. The maximum absolute atomic E-state index is 2.74. The molecule has 18 aromatic carbocycles. The van der Waals surface area contributed by atoms with Crippen LogP contribution in [0.15, 0.2) is 382 Å². The molecule has 0 atom stereocenters. The minimum atomic E-state index is -0.309. The predicted octanol–water partition coefficient (Wildman–Crippen LogP) is 28.1. The fraction of sp³-hybridized carbons (Fsp3) is 0.0847. The van der Waals surface area contributed by atoms with Crippen molar-refractivity contribution in [2.75, 3.05) is 24.5 Å². The zero-order valence-electron chi connectivity index (χ0n) is 72.3. The standard InChI is InChI=1S/C118H93B2N5/c1-74-32-25-33-75(2)111(74)86-56-61-93(62-57-86)121(94-63-58-87(59-64-94)112-76(3)34-26-35-77(112)4)96-70-109-117-110(71-96)123(92-49-21-14-22-50-92)105-73-106-102(72-101(105)119(117)99-54-23-24-55-103(99)122(109)91-47-19-13-20-48-91)120-100-65-60-89(114-80(7)38-28-39-81(114)8)67-104(100)124(95-51-30-46-88(66-95)113-78(5)36-27-37-79(113)6)107-68-90(115-82(9)40-29-41-83(115)10)69-108(116(107)120)125(106)118-97(84-42-15-11-16-43-84)52-31-53-98(118)85-44-17-12-18-45-85/h11-73H,1-10H3. The van der Waals surface area contributed by atoms with E-state index in [2.05, 4.69) is 476 Å². The van der Waals surface area contributed by atoms with Crippen molar-refractivity contribution in [3.63, 3.8) is 0 Å². The average Bonchev–Trinajstić information content (AvgIpc) is 0.677. The second-order valence-electron chi connectivity index (χ2n) is 34.8. The van der Waals surface area contributed by atoms with Crippen LogP contribution < -0.4 is 57.3 Å². The summed E-state index contributed by atoms with van der Waals surface area (Å²) in [5, 5.41) is 0. The number of hydrogen-bond acceptors (Lipinski definition) is 5. The van der Waals surface area contributed by atoms with Gasteiger partial charge in [0.1, 0.15) is 0 Å². The third-order valence-electron chi connectivity index (χ3n) is 27.1. The van der Waals surface area contributed by atoms with Crippen LogP contribution in [0.1, 0.15) is 55.6 Å². The van der Waals surface area contributed by atoms with E-state index in [0.717, 1.165) is 113 Å². The number of nitrogens with zero attached hydrogens (tertiary/aromatic N) is 5. The molecule has 0 radical (unpaired) electrons. The molecular weight excluding hydrogens is 1510 g/mol. The lowest BCUT2D eigenvalue weighted by molar-refractivity contribution is 1.22. The van der Waals surface area contributed by atoms with Crippen molar-refractivity contribution in [3.8, 4) is 77.9 Å². The van der Waals surface area contributed by atoms with E-state index in [1.54, 1.807) is 0 Å². The number of benzene rings is 18. The Balaban J connectivity index is 0.881. The third-order valence-corrected chi connectivity index (χ3v) is 27.1. The summed E-state index contributed by atoms with van der Waals surface area (Å²) in [7, 11) is 0. The van der Waals surface area contributed by atoms with Gasteiger partial charge < -0.3 is 24.5 Å². The van der Waals surface area contributed by atoms with Crippen LogP contribution in [0, 0.1) is 69.2 Å². The van der Waals surface area contributed by atoms with E-state index in [1.165, 1.54) is 138 Å². The molecule has 5 nitrogen and oxygen atoms in total. The topological polar surface area (TPSA) is 16.2 Å². The first-order chi connectivity index (χ1) is 61.2. The number of anilines is 15. The van der Waals surface area contributed by atoms with Gasteiger partial charge in [-0.25, -0.2) is 0 Å². The minimum Gasteiger partial charge on any atom is -0.311 e. The molecule has 125 heavy (non-hydrogen) atoms. The van der Waals surface area contributed by atoms with Gasteiger partial charge in [-0.05, 0) is 328 Å². The summed E-state index contributed by atoms with van der Waals surface area (Å²) in [4.78, 5) is 13.1. The minimum absolute atomic E-state index is 0.275. The van der Waals surface area contributed by atoms with E-state index in [-0.39, 0.29) is 13.4 Å². The molecule has 0 amide bonds. The van der Waals surface area contributed by atoms with Gasteiger partial charge in [-0.2, -0.15) is 0 Å². The van der Waals surface area contributed by atoms with Crippen molar-refractivity contribution in [1.29, 1.82) is 0 Å². The summed E-state index contributed by atoms with van der Waals surface area (Å²) in [6.45, 7) is 22.0. The highest BCUT2D eigenvalue weighted by Crippen LogP contribution is 2.56. The Hall–Kier alpha value is -14.9. The SMILES string of the molecule is Cc1cccc(C)c1-c1ccc(N(c2ccc(-c3c(C)cccc3C)cc2)c2cc3c4c(c2)N(c2ccccc2)c2cc5c(cc2B4c2ccccc2N3c2ccccc2)B2c3ccc(-c4c(C)cccc4C)cc3N(c3cccc(-c4c(C)cccc4C)c3)c3cc(-c4c(C)cccc4C)cc(c32)N5c2c(-c3ccccc3)cccc2-c2ccccc2)cc1. The lowest BCUT2D eigenvalue weighted by Crippen LogP contribution is -2.65. The first-order valence-electron chi connectivity index (χ1n) is 43.9. The third kappa shape index (κ3) is 12.6. The molecule has 0 saturated heterocycles. The maximum atomic E-state index is 2.74. The van der Waals surface area contributed by atoms with E-state index >= 15 is 0 Å². The molecule has 22 rings (SSSR count). The molecule has 596 valence electrons. The second kappa shape index (κ2) is 30.6. The van der Waals surface area contributed by atoms with Crippen molar-refractivity contribution >= 4 is 132 Å². The van der Waals surface area contributed by atoms with Gasteiger partial charge in [0, 0.05) is 85.1 Å². The van der Waals surface area contributed by atoms with Crippen molar-refractivity contribution < 1.29 is 0 Å². The molecular formula is C118H93B2N5. The van der Waals surface area contributed by atoms with Gasteiger partial charge >= 0.3 is 0 Å². The Labute approximate surface area is 735 Å². The predicted molar refractivity (Wildman–Crippen MR) is 535 cm³/mol. The van der Waals surface area contributed by atoms with Crippen molar-refractivity contribution in [2.45, 2.75) is 69.2 Å². The first-order valence-corrected chi connectivity index (χ1v) is 43.9. The summed E-state index contributed by atoms with van der Waals surface area (Å²) in [6.07, 6.45) is 0. The summed E-state index contributed by atoms with van der Waals surface area (Å²) in [5.41, 5.74) is 52.9. The highest BCUT2D eigenvalue weighted by Gasteiger charge is 2.50. The van der Waals surface area contributed by atoms with Crippen LogP contribution in [0.5, 0.6) is 0 Å². The number of aryl methyl sites for hydroxylation is 10. The zero-order valence-corrected chi connectivity index (χ0v) is 72.3. The van der Waals surface area contributed by atoms with Crippen LogP contribution in [0.3, 0.4) is 0 Å². The Kier molecular flexibility index (Phi) is 18.7. The molecule has 4 aliphatic rings. The van der Waals surface area contributed by atoms with E-state index < -0.39 is 0 Å². The van der Waals surface area contributed by atoms with E-state index in [0.29, 0.717) is 0 Å². The van der Waals surface area contributed by atoms with Crippen LogP contribution in [0.4, 0.5) is 85.3 Å². The summed E-state index contributed by atoms with van der Waals surface area (Å²) >= 11 is 0. The van der Waals surface area contributed by atoms with Gasteiger partial charge in [-0.3, -0.25) is 0 Å². The quantitative estimate of drug-likeness (QED) is 0.101. The van der Waals surface area contributed by atoms with Crippen molar-refractivity contribution in [1.82, 2.24) is 0 Å². The van der Waals surface area contributed by atoms with E-state index in [9.17, 15) is 0 Å². The molecule has 0 unspecified atom stereocenters. The normalized spacial score (nSPS) is 12.6. The van der Waals surface area contributed by atoms with Gasteiger partial charge in [0.05, 0.1) is 11.4 Å². The average molecular weight is 1600 g/mol. The Bertz CT molecular complexity index is 7110. The largest absolute Gasteiger partial charge is 0.311 e. The number of rotatable bonds is 14. The fourth-order valence-electron chi connectivity index (χ4n) is 21.7. The van der Waals surface area contributed by atoms with E-state index in [4.69, 9.17) is 0 Å². The van der Waals surface area contributed by atoms with Crippen LogP contribution >= 0.6 is 0 Å². The van der Waals surface area contributed by atoms with Gasteiger partial charge in [-0.1, -0.05) is 279 Å². The molecule has 0 spiro atoms. The first kappa shape index (κ1) is 76.2. The van der Waals surface area contributed by atoms with Crippen LogP contribution in [-0.2, 0) is 0 Å². The Morgan fingerprint density at radius 3 is 0.960 bits per heavy atom. The molecule has 4 heterocycles.